The van der Waals surface area contributed by atoms with E-state index in [0.717, 1.165) is 24.3 Å². The summed E-state index contributed by atoms with van der Waals surface area (Å²) in [6.07, 6.45) is 0. The van der Waals surface area contributed by atoms with Gasteiger partial charge in [0.15, 0.2) is 0 Å². The minimum atomic E-state index is -5.24. The number of anilines is 1. The summed E-state index contributed by atoms with van der Waals surface area (Å²) in [5.41, 5.74) is 3.69. The third-order valence-electron chi connectivity index (χ3n) is 8.11. The van der Waals surface area contributed by atoms with E-state index in [0.29, 0.717) is 17.8 Å². The molecule has 6 rings (SSSR count). The van der Waals surface area contributed by atoms with Gasteiger partial charge in [0.25, 0.3) is 25.9 Å². The number of nitrogens with two attached hydrogens (primary N) is 1. The Morgan fingerprint density at radius 3 is 1.56 bits per heavy atom. The molecule has 5 N–H and O–H groups in total. The standard InChI is InChI=1S/C36H25N9O13S2.3Na/c37-31-30-19(15-28(59(53,54)55)32(31)43-40-23-9-12-25(13-10-23)45(51)52)16-29(60(56,57)58)33(34(30)47)44-41-22-7-5-20(6-8-22)38-35(48)18-1-3-21(4-2-18)39-42-24-11-14-27(46)26(17-24)36(49)50;;;/h1-17,46-47H,37H2,(H,38,48)(H,49,50)(H,53,54,55)(H,56,57,58);;;/q;3*+1/p-3. The van der Waals surface area contributed by atoms with E-state index in [2.05, 4.69) is 35.7 Å². The van der Waals surface area contributed by atoms with Crippen LogP contribution in [0.4, 0.5) is 51.2 Å². The normalized spacial score (nSPS) is 11.9. The van der Waals surface area contributed by atoms with E-state index in [9.17, 15) is 56.2 Å². The number of nitrogen functional groups attached to an aromatic ring is 1. The van der Waals surface area contributed by atoms with Gasteiger partial charge in [-0.3, -0.25) is 24.2 Å². The number of azo groups is 3. The molecule has 0 amide bonds. The molecule has 0 saturated carbocycles. The number of rotatable bonds is 12. The first-order valence-corrected chi connectivity index (χ1v) is 19.2. The minimum Gasteiger partial charge on any atom is -0.872 e. The molecule has 0 unspecified atom stereocenters. The van der Waals surface area contributed by atoms with Crippen molar-refractivity contribution in [3.05, 3.63) is 124 Å². The molecule has 0 atom stereocenters. The van der Waals surface area contributed by atoms with Crippen LogP contribution in [-0.4, -0.2) is 47.8 Å². The quantitative estimate of drug-likeness (QED) is 0.0143. The van der Waals surface area contributed by atoms with Crippen LogP contribution in [0.15, 0.2) is 149 Å². The van der Waals surface area contributed by atoms with Gasteiger partial charge in [0.1, 0.15) is 15.5 Å². The smallest absolute Gasteiger partial charge is 0.872 e. The maximum Gasteiger partial charge on any atom is 1.00 e. The van der Waals surface area contributed by atoms with Crippen molar-refractivity contribution in [2.24, 2.45) is 35.7 Å². The average molecular weight is 922 g/mol. The molecule has 0 bridgehead atoms. The molecule has 304 valence electrons. The number of non-ortho nitro benzene ring substituents is 1. The second-order valence-electron chi connectivity index (χ2n) is 12.1. The number of nitro groups is 1. The first-order chi connectivity index (χ1) is 28.3. The van der Waals surface area contributed by atoms with Crippen LogP contribution in [0, 0.1) is 10.1 Å². The van der Waals surface area contributed by atoms with Crippen molar-refractivity contribution in [2.45, 2.75) is 9.79 Å². The maximum absolute atomic E-state index is 13.8. The number of nitrogens with zero attached hydrogens (tertiary/aromatic N) is 8. The Balaban J connectivity index is 0.00000352. The summed E-state index contributed by atoms with van der Waals surface area (Å²) in [6.45, 7) is 0. The number of carboxylic acids is 1. The van der Waals surface area contributed by atoms with E-state index >= 15 is 0 Å². The molecular formula is C36H22N9Na3O13S2. The fourth-order valence-corrected chi connectivity index (χ4v) is 6.58. The Morgan fingerprint density at radius 1 is 0.619 bits per heavy atom. The number of carbonyl (C=O) groups is 1. The number of hydrogen-bond donors (Lipinski definition) is 4. The van der Waals surface area contributed by atoms with Gasteiger partial charge in [-0.25, -0.2) is 4.79 Å². The van der Waals surface area contributed by atoms with Gasteiger partial charge >= 0.3 is 94.6 Å². The van der Waals surface area contributed by atoms with E-state index in [1.165, 1.54) is 66.7 Å². The molecule has 0 fully saturated rings. The summed E-state index contributed by atoms with van der Waals surface area (Å²) in [4.78, 5) is 23.4. The van der Waals surface area contributed by atoms with Crippen LogP contribution in [0.2, 0.25) is 0 Å². The van der Waals surface area contributed by atoms with Crippen molar-refractivity contribution in [3.63, 3.8) is 0 Å². The van der Waals surface area contributed by atoms with Crippen LogP contribution in [0.3, 0.4) is 0 Å². The number of benzene rings is 6. The number of fused-ring (bicyclic) bond motifs is 1. The summed E-state index contributed by atoms with van der Waals surface area (Å²) in [6, 6.07) is 20.2. The molecule has 22 nitrogen and oxygen atoms in total. The van der Waals surface area contributed by atoms with Crippen LogP contribution >= 0.6 is 0 Å². The van der Waals surface area contributed by atoms with Crippen LogP contribution in [0.5, 0.6) is 11.5 Å². The molecule has 63 heavy (non-hydrogen) atoms. The number of hydrogen-bond acceptors (Lipinski definition) is 18. The number of nitro benzene ring substituents is 1. The van der Waals surface area contributed by atoms with Gasteiger partial charge in [-0.05, 0) is 89.6 Å². The molecule has 27 heteroatoms. The summed E-state index contributed by atoms with van der Waals surface area (Å²) in [5, 5.41) is 80.3. The molecule has 0 spiro atoms. The Labute approximate surface area is 421 Å². The third-order valence-corrected chi connectivity index (χ3v) is 9.85. The summed E-state index contributed by atoms with van der Waals surface area (Å²) < 4.78 is 69.4. The number of aromatic carboxylic acids is 1. The second-order valence-corrected chi connectivity index (χ2v) is 14.9. The summed E-state index contributed by atoms with van der Waals surface area (Å²) in [5.74, 6) is -4.02. The van der Waals surface area contributed by atoms with Crippen molar-refractivity contribution < 1.29 is 145 Å². The Kier molecular flexibility index (Phi) is 17.9. The Bertz CT molecular complexity index is 3080. The van der Waals surface area contributed by atoms with E-state index in [-0.39, 0.29) is 123 Å². The molecule has 0 saturated heterocycles. The summed E-state index contributed by atoms with van der Waals surface area (Å²) >= 11 is 0. The molecular weight excluding hydrogens is 900 g/mol. The van der Waals surface area contributed by atoms with Gasteiger partial charge < -0.3 is 26.2 Å². The number of carboxylic acid groups (broad SMARTS) is 1. The van der Waals surface area contributed by atoms with Crippen LogP contribution in [0.1, 0.15) is 15.9 Å². The zero-order chi connectivity index (χ0) is 43.5. The van der Waals surface area contributed by atoms with Crippen molar-refractivity contribution in [1.29, 1.82) is 0 Å². The largest absolute Gasteiger partial charge is 1.00 e. The van der Waals surface area contributed by atoms with Crippen LogP contribution in [0.25, 0.3) is 10.8 Å². The van der Waals surface area contributed by atoms with Gasteiger partial charge in [-0.1, -0.05) is 29.7 Å². The zero-order valence-electron chi connectivity index (χ0n) is 32.7. The van der Waals surface area contributed by atoms with Crippen molar-refractivity contribution in [3.8, 4) is 11.5 Å². The molecule has 0 radical (unpaired) electrons. The molecule has 0 aliphatic rings. The molecule has 0 aromatic heterocycles. The van der Waals surface area contributed by atoms with E-state index in [4.69, 9.17) is 10.8 Å². The molecule has 0 aliphatic carbocycles. The van der Waals surface area contributed by atoms with E-state index < -0.39 is 91.7 Å². The van der Waals surface area contributed by atoms with E-state index in [1.807, 2.05) is 0 Å². The van der Waals surface area contributed by atoms with Crippen molar-refractivity contribution in [2.75, 3.05) is 5.73 Å². The molecule has 6 aromatic rings. The minimum absolute atomic E-state index is 0. The zero-order valence-corrected chi connectivity index (χ0v) is 40.3. The van der Waals surface area contributed by atoms with Gasteiger partial charge in [0.05, 0.1) is 50.3 Å². The van der Waals surface area contributed by atoms with Gasteiger partial charge in [0.2, 0.25) is 0 Å². The average Bonchev–Trinajstić information content (AvgIpc) is 3.19. The predicted octanol–water partition coefficient (Wildman–Crippen LogP) is -2.63. The first-order valence-electron chi connectivity index (χ1n) is 16.4. The monoisotopic (exact) mass is 921 g/mol. The Morgan fingerprint density at radius 2 is 1.05 bits per heavy atom. The van der Waals surface area contributed by atoms with Crippen molar-refractivity contribution in [1.82, 2.24) is 0 Å². The van der Waals surface area contributed by atoms with Gasteiger partial charge in [-0.15, -0.1) is 10.2 Å². The molecule has 0 heterocycles. The summed E-state index contributed by atoms with van der Waals surface area (Å²) in [7, 11) is -10.4. The Hall–Kier alpha value is -5.06. The van der Waals surface area contributed by atoms with Crippen molar-refractivity contribution >= 4 is 94.1 Å². The topological polar surface area (TPSA) is 371 Å². The van der Waals surface area contributed by atoms with Crippen LogP contribution < -0.4 is 110 Å². The molecule has 0 aliphatic heterocycles. The fourth-order valence-electron chi connectivity index (χ4n) is 5.25. The predicted molar refractivity (Wildman–Crippen MR) is 205 cm³/mol. The third kappa shape index (κ3) is 12.6. The van der Waals surface area contributed by atoms with E-state index in [1.54, 1.807) is 0 Å². The maximum atomic E-state index is 13.8. The SMILES string of the molecule is Nc1c(N=Nc2ccc([N+](=O)[O-])cc2)c(S(=O)(=O)O)cc2cc(S(=O)(=O)O)c(N=Nc3ccc(N=C([O-])c4ccc(N=Nc5ccc([O-])c(C(=O)O)c5)cc4)cc3)c([O-])c12.[Na+].[Na+].[Na+]. The van der Waals surface area contributed by atoms with Gasteiger partial charge in [-0.2, -0.15) is 37.3 Å². The second kappa shape index (κ2) is 21.5. The fraction of sp³-hybridized carbons (Fsp3) is 0. The molecule has 6 aromatic carbocycles. The van der Waals surface area contributed by atoms with Gasteiger partial charge in [0, 0.05) is 17.5 Å². The number of aliphatic imine (C=N–C) groups is 1. The first kappa shape index (κ1) is 52.3. The van der Waals surface area contributed by atoms with Crippen LogP contribution in [-0.2, 0) is 20.2 Å².